The molecule has 0 radical (unpaired) electrons. The summed E-state index contributed by atoms with van der Waals surface area (Å²) >= 11 is 13.4. The fourth-order valence-corrected chi connectivity index (χ4v) is 4.58. The second-order valence-corrected chi connectivity index (χ2v) is 8.97. The Hall–Kier alpha value is -2.80. The van der Waals surface area contributed by atoms with Gasteiger partial charge in [-0.1, -0.05) is 65.3 Å². The Morgan fingerprint density at radius 2 is 1.72 bits per heavy atom. The summed E-state index contributed by atoms with van der Waals surface area (Å²) in [6.45, 7) is 0.303. The van der Waals surface area contributed by atoms with Crippen molar-refractivity contribution in [2.45, 2.75) is 11.7 Å². The Morgan fingerprint density at radius 3 is 2.47 bits per heavy atom. The molecule has 1 heterocycles. The highest BCUT2D eigenvalue weighted by Gasteiger charge is 2.16. The SMILES string of the molecule is CN(C(=O)CSc1nc2ccccc2c(=O)n1Cc1cccc(Cl)c1)c1cccc(Cl)c1. The number of amides is 1. The molecule has 4 aromatic rings. The highest BCUT2D eigenvalue weighted by Crippen LogP contribution is 2.23. The molecule has 162 valence electrons. The van der Waals surface area contributed by atoms with Gasteiger partial charge in [-0.3, -0.25) is 14.2 Å². The zero-order valence-electron chi connectivity index (χ0n) is 17.2. The topological polar surface area (TPSA) is 55.2 Å². The molecule has 32 heavy (non-hydrogen) atoms. The number of para-hydroxylation sites is 1. The first-order valence-electron chi connectivity index (χ1n) is 9.81. The number of benzene rings is 3. The van der Waals surface area contributed by atoms with Crippen LogP contribution in [0, 0.1) is 0 Å². The third-order valence-electron chi connectivity index (χ3n) is 4.95. The summed E-state index contributed by atoms with van der Waals surface area (Å²) in [6, 6.07) is 21.6. The molecule has 8 heteroatoms. The summed E-state index contributed by atoms with van der Waals surface area (Å²) in [5.74, 6) is -0.0162. The first-order chi connectivity index (χ1) is 15.4. The normalized spacial score (nSPS) is 11.0. The molecule has 4 rings (SSSR count). The van der Waals surface area contributed by atoms with Crippen LogP contribution in [0.25, 0.3) is 10.9 Å². The van der Waals surface area contributed by atoms with Gasteiger partial charge in [-0.25, -0.2) is 4.98 Å². The van der Waals surface area contributed by atoms with Crippen LogP contribution in [0.4, 0.5) is 5.69 Å². The molecule has 1 amide bonds. The van der Waals surface area contributed by atoms with E-state index in [0.717, 1.165) is 5.56 Å². The minimum Gasteiger partial charge on any atom is -0.315 e. The van der Waals surface area contributed by atoms with Crippen LogP contribution in [0.3, 0.4) is 0 Å². The molecule has 0 N–H and O–H groups in total. The van der Waals surface area contributed by atoms with Crippen molar-refractivity contribution in [2.24, 2.45) is 0 Å². The van der Waals surface area contributed by atoms with Crippen LogP contribution < -0.4 is 10.5 Å². The van der Waals surface area contributed by atoms with E-state index in [1.165, 1.54) is 11.8 Å². The van der Waals surface area contributed by atoms with E-state index in [1.807, 2.05) is 36.4 Å². The minimum atomic E-state index is -0.159. The fourth-order valence-electron chi connectivity index (χ4n) is 3.27. The number of anilines is 1. The monoisotopic (exact) mass is 483 g/mol. The van der Waals surface area contributed by atoms with Crippen molar-refractivity contribution in [2.75, 3.05) is 17.7 Å². The lowest BCUT2D eigenvalue weighted by Gasteiger charge is -2.18. The lowest BCUT2D eigenvalue weighted by molar-refractivity contribution is -0.115. The molecule has 0 atom stereocenters. The predicted octanol–water partition coefficient (Wildman–Crippen LogP) is 5.51. The molecule has 0 bridgehead atoms. The molecule has 0 aliphatic heterocycles. The van der Waals surface area contributed by atoms with E-state index >= 15 is 0 Å². The smallest absolute Gasteiger partial charge is 0.262 e. The average Bonchev–Trinajstić information content (AvgIpc) is 2.79. The van der Waals surface area contributed by atoms with Crippen molar-refractivity contribution in [3.63, 3.8) is 0 Å². The fraction of sp³-hybridized carbons (Fsp3) is 0.125. The summed E-state index contributed by atoms with van der Waals surface area (Å²) in [6.07, 6.45) is 0. The van der Waals surface area contributed by atoms with Crippen LogP contribution in [0.1, 0.15) is 5.56 Å². The van der Waals surface area contributed by atoms with E-state index in [1.54, 1.807) is 52.9 Å². The van der Waals surface area contributed by atoms with Crippen molar-refractivity contribution >= 4 is 57.5 Å². The molecular formula is C24H19Cl2N3O2S. The first-order valence-corrected chi connectivity index (χ1v) is 11.6. The molecule has 0 saturated carbocycles. The number of nitrogens with zero attached hydrogens (tertiary/aromatic N) is 3. The third kappa shape index (κ3) is 4.99. The maximum Gasteiger partial charge on any atom is 0.262 e. The Kier molecular flexibility index (Phi) is 6.84. The quantitative estimate of drug-likeness (QED) is 0.268. The van der Waals surface area contributed by atoms with Gasteiger partial charge in [-0.15, -0.1) is 0 Å². The molecule has 5 nitrogen and oxygen atoms in total. The highest BCUT2D eigenvalue weighted by molar-refractivity contribution is 7.99. The van der Waals surface area contributed by atoms with Gasteiger partial charge in [0.15, 0.2) is 5.16 Å². The average molecular weight is 484 g/mol. The lowest BCUT2D eigenvalue weighted by atomic mass is 10.2. The number of thioether (sulfide) groups is 1. The van der Waals surface area contributed by atoms with Gasteiger partial charge in [0.25, 0.3) is 5.56 Å². The van der Waals surface area contributed by atoms with Gasteiger partial charge in [0.2, 0.25) is 5.91 Å². The molecule has 3 aromatic carbocycles. The maximum absolute atomic E-state index is 13.2. The molecule has 0 fully saturated rings. The lowest BCUT2D eigenvalue weighted by Crippen LogP contribution is -2.29. The van der Waals surface area contributed by atoms with Gasteiger partial charge >= 0.3 is 0 Å². The summed E-state index contributed by atoms with van der Waals surface area (Å²) < 4.78 is 1.59. The number of hydrogen-bond donors (Lipinski definition) is 0. The van der Waals surface area contributed by atoms with E-state index < -0.39 is 0 Å². The number of rotatable bonds is 6. The zero-order valence-corrected chi connectivity index (χ0v) is 19.5. The predicted molar refractivity (Wildman–Crippen MR) is 132 cm³/mol. The molecule has 1 aromatic heterocycles. The molecule has 0 saturated heterocycles. The van der Waals surface area contributed by atoms with Gasteiger partial charge < -0.3 is 4.90 Å². The zero-order chi connectivity index (χ0) is 22.7. The molecular weight excluding hydrogens is 465 g/mol. The number of carbonyl (C=O) groups excluding carboxylic acids is 1. The number of carbonyl (C=O) groups is 1. The van der Waals surface area contributed by atoms with Gasteiger partial charge in [-0.2, -0.15) is 0 Å². The van der Waals surface area contributed by atoms with Gasteiger partial charge in [0, 0.05) is 22.8 Å². The van der Waals surface area contributed by atoms with Crippen molar-refractivity contribution in [1.29, 1.82) is 0 Å². The van der Waals surface area contributed by atoms with Crippen LogP contribution in [0.15, 0.2) is 82.7 Å². The standard InChI is InChI=1S/C24H19Cl2N3O2S/c1-28(19-9-5-8-18(26)13-19)22(30)15-32-24-27-21-11-3-2-10-20(21)23(31)29(24)14-16-6-4-7-17(25)12-16/h2-13H,14-15H2,1H3. The molecule has 0 spiro atoms. The van der Waals surface area contributed by atoms with Crippen molar-refractivity contribution in [1.82, 2.24) is 9.55 Å². The molecule has 0 aliphatic carbocycles. The number of hydrogen-bond acceptors (Lipinski definition) is 4. The number of halogens is 2. The van der Waals surface area contributed by atoms with Crippen LogP contribution in [-0.4, -0.2) is 28.3 Å². The first kappa shape index (κ1) is 22.4. The summed E-state index contributed by atoms with van der Waals surface area (Å²) in [5.41, 5.74) is 2.01. The number of aromatic nitrogens is 2. The van der Waals surface area contributed by atoms with E-state index in [9.17, 15) is 9.59 Å². The van der Waals surface area contributed by atoms with Gasteiger partial charge in [0.05, 0.1) is 23.2 Å². The van der Waals surface area contributed by atoms with Crippen molar-refractivity contribution in [3.8, 4) is 0 Å². The molecule has 0 unspecified atom stereocenters. The van der Waals surface area contributed by atoms with Crippen LogP contribution in [0.2, 0.25) is 10.0 Å². The number of fused-ring (bicyclic) bond motifs is 1. The highest BCUT2D eigenvalue weighted by atomic mass is 35.5. The Bertz CT molecular complexity index is 1360. The second-order valence-electron chi connectivity index (χ2n) is 7.15. The summed E-state index contributed by atoms with van der Waals surface area (Å²) in [7, 11) is 1.70. The third-order valence-corrected chi connectivity index (χ3v) is 6.38. The Morgan fingerprint density at radius 1 is 1.00 bits per heavy atom. The van der Waals surface area contributed by atoms with Crippen LogP contribution in [-0.2, 0) is 11.3 Å². The van der Waals surface area contributed by atoms with Crippen LogP contribution >= 0.6 is 35.0 Å². The van der Waals surface area contributed by atoms with Gasteiger partial charge in [-0.05, 0) is 48.0 Å². The second kappa shape index (κ2) is 9.77. The summed E-state index contributed by atoms with van der Waals surface area (Å²) in [5, 5.41) is 2.15. The Balaban J connectivity index is 1.65. The van der Waals surface area contributed by atoms with Gasteiger partial charge in [0.1, 0.15) is 0 Å². The minimum absolute atomic E-state index is 0.114. The maximum atomic E-state index is 13.2. The van der Waals surface area contributed by atoms with E-state index in [-0.39, 0.29) is 17.2 Å². The van der Waals surface area contributed by atoms with Crippen molar-refractivity contribution < 1.29 is 4.79 Å². The Labute approximate surface area is 199 Å². The largest absolute Gasteiger partial charge is 0.315 e. The summed E-state index contributed by atoms with van der Waals surface area (Å²) in [4.78, 5) is 32.3. The van der Waals surface area contributed by atoms with E-state index in [4.69, 9.17) is 23.2 Å². The van der Waals surface area contributed by atoms with E-state index in [2.05, 4.69) is 4.98 Å². The molecule has 0 aliphatic rings. The van der Waals surface area contributed by atoms with Crippen LogP contribution in [0.5, 0.6) is 0 Å². The van der Waals surface area contributed by atoms with Crippen molar-refractivity contribution in [3.05, 3.63) is 98.8 Å². The van der Waals surface area contributed by atoms with E-state index in [0.29, 0.717) is 38.3 Å².